The molecule has 0 aromatic rings. The molecule has 0 N–H and O–H groups in total. The van der Waals surface area contributed by atoms with E-state index in [0.29, 0.717) is 11.5 Å². The molecule has 1 unspecified atom stereocenters. The molecule has 0 saturated carbocycles. The molecule has 0 heterocycles. The summed E-state index contributed by atoms with van der Waals surface area (Å²) < 4.78 is 10.9. The van der Waals surface area contributed by atoms with Crippen LogP contribution in [0.4, 0.5) is 0 Å². The quantitative estimate of drug-likeness (QED) is 0.434. The molecule has 14 heavy (non-hydrogen) atoms. The first-order valence-electron chi connectivity index (χ1n) is 4.18. The highest BCUT2D eigenvalue weighted by Gasteiger charge is 2.08. The molecule has 0 aromatic heterocycles. The molecule has 0 saturated heterocycles. The van der Waals surface area contributed by atoms with Crippen LogP contribution in [0.3, 0.4) is 0 Å². The van der Waals surface area contributed by atoms with Crippen molar-refractivity contribution in [3.05, 3.63) is 22.1 Å². The maximum atomic E-state index is 10.4. The van der Waals surface area contributed by atoms with Crippen molar-refractivity contribution in [2.45, 2.75) is 13.8 Å². The highest BCUT2D eigenvalue weighted by atomic mass is 79.9. The number of methoxy groups -OCH3 is 2. The Morgan fingerprint density at radius 2 is 1.93 bits per heavy atom. The Hall–Kier alpha value is -0.770. The second-order valence-corrected chi connectivity index (χ2v) is 3.66. The minimum Gasteiger partial charge on any atom is -0.497 e. The zero-order valence-electron chi connectivity index (χ0n) is 8.83. The van der Waals surface area contributed by atoms with Crippen LogP contribution < -0.4 is 0 Å². The molecule has 1 atom stereocenters. The number of rotatable bonds is 5. The van der Waals surface area contributed by atoms with Gasteiger partial charge in [-0.1, -0.05) is 13.0 Å². The van der Waals surface area contributed by atoms with Gasteiger partial charge in [-0.25, -0.2) is 0 Å². The lowest BCUT2D eigenvalue weighted by Gasteiger charge is -2.09. The van der Waals surface area contributed by atoms with Gasteiger partial charge in [0.05, 0.1) is 18.7 Å². The molecule has 80 valence electrons. The Bertz CT molecular complexity index is 256. The number of carbonyl (C=O) groups excluding carboxylic acids is 1. The van der Waals surface area contributed by atoms with E-state index in [2.05, 4.69) is 15.9 Å². The lowest BCUT2D eigenvalue weighted by Crippen LogP contribution is -1.97. The number of carbonyl (C=O) groups is 1. The summed E-state index contributed by atoms with van der Waals surface area (Å²) >= 11 is 3.33. The molecule has 0 fully saturated rings. The number of halogens is 1. The van der Waals surface area contributed by atoms with Crippen LogP contribution in [0.1, 0.15) is 13.8 Å². The first-order valence-corrected chi connectivity index (χ1v) is 4.98. The monoisotopic (exact) mass is 262 g/mol. The van der Waals surface area contributed by atoms with Gasteiger partial charge in [-0.05, 0) is 22.9 Å². The fourth-order valence-electron chi connectivity index (χ4n) is 0.848. The van der Waals surface area contributed by atoms with Gasteiger partial charge < -0.3 is 14.3 Å². The summed E-state index contributed by atoms with van der Waals surface area (Å²) in [5.74, 6) is 1.11. The van der Waals surface area contributed by atoms with Crippen LogP contribution in [0.25, 0.3) is 0 Å². The molecule has 0 bridgehead atoms. The first-order chi connectivity index (χ1) is 6.56. The molecule has 4 heteroatoms. The van der Waals surface area contributed by atoms with E-state index in [0.717, 1.165) is 10.8 Å². The molecular formula is C10H15BrO3. The van der Waals surface area contributed by atoms with Crippen molar-refractivity contribution in [1.29, 1.82) is 0 Å². The summed E-state index contributed by atoms with van der Waals surface area (Å²) in [6.07, 6.45) is 2.62. The van der Waals surface area contributed by atoms with E-state index in [9.17, 15) is 4.79 Å². The topological polar surface area (TPSA) is 35.5 Å². The molecule has 0 radical (unpaired) electrons. The third kappa shape index (κ3) is 3.96. The molecule has 0 aliphatic rings. The molecule has 0 aliphatic heterocycles. The lowest BCUT2D eigenvalue weighted by molar-refractivity contribution is -0.109. The standard InChI is InChI=1S/C10H15BrO3/c1-7(6-12)5-9(11)10(14-4)8(2)13-3/h5-7H,1-4H3. The van der Waals surface area contributed by atoms with Gasteiger partial charge in [-0.15, -0.1) is 0 Å². The van der Waals surface area contributed by atoms with Crippen molar-refractivity contribution in [2.24, 2.45) is 5.92 Å². The smallest absolute Gasteiger partial charge is 0.169 e. The molecule has 3 nitrogen and oxygen atoms in total. The third-order valence-corrected chi connectivity index (χ3v) is 2.30. The number of allylic oxidation sites excluding steroid dienone is 3. The first kappa shape index (κ1) is 13.2. The predicted molar refractivity (Wildman–Crippen MR) is 59.0 cm³/mol. The Labute approximate surface area is 92.9 Å². The predicted octanol–water partition coefficient (Wildman–Crippen LogP) is 2.62. The van der Waals surface area contributed by atoms with Gasteiger partial charge >= 0.3 is 0 Å². The molecule has 0 spiro atoms. The Kier molecular flexibility index (Phi) is 6.28. The van der Waals surface area contributed by atoms with Crippen LogP contribution >= 0.6 is 15.9 Å². The second-order valence-electron chi connectivity index (χ2n) is 2.80. The van der Waals surface area contributed by atoms with E-state index in [1.165, 1.54) is 0 Å². The summed E-state index contributed by atoms with van der Waals surface area (Å²) in [5, 5.41) is 0. The zero-order chi connectivity index (χ0) is 11.1. The summed E-state index contributed by atoms with van der Waals surface area (Å²) in [6, 6.07) is 0. The third-order valence-electron chi connectivity index (χ3n) is 1.67. The van der Waals surface area contributed by atoms with Crippen LogP contribution in [0.5, 0.6) is 0 Å². The molecule has 0 aromatic carbocycles. The van der Waals surface area contributed by atoms with Crippen molar-refractivity contribution in [2.75, 3.05) is 14.2 Å². The number of hydrogen-bond donors (Lipinski definition) is 0. The summed E-state index contributed by atoms with van der Waals surface area (Å²) in [4.78, 5) is 10.4. The van der Waals surface area contributed by atoms with E-state index in [4.69, 9.17) is 9.47 Å². The lowest BCUT2D eigenvalue weighted by atomic mass is 10.2. The fraction of sp³-hybridized carbons (Fsp3) is 0.500. The average Bonchev–Trinajstić information content (AvgIpc) is 2.18. The van der Waals surface area contributed by atoms with Gasteiger partial charge in [0.2, 0.25) is 0 Å². The van der Waals surface area contributed by atoms with Crippen molar-refractivity contribution in [3.8, 4) is 0 Å². The highest BCUT2D eigenvalue weighted by Crippen LogP contribution is 2.23. The van der Waals surface area contributed by atoms with Crippen molar-refractivity contribution >= 4 is 22.2 Å². The summed E-state index contributed by atoms with van der Waals surface area (Å²) in [7, 11) is 3.12. The molecule has 0 rings (SSSR count). The Morgan fingerprint density at radius 1 is 1.36 bits per heavy atom. The highest BCUT2D eigenvalue weighted by molar-refractivity contribution is 9.11. The van der Waals surface area contributed by atoms with Gasteiger partial charge in [-0.2, -0.15) is 0 Å². The van der Waals surface area contributed by atoms with E-state index < -0.39 is 0 Å². The molecular weight excluding hydrogens is 248 g/mol. The van der Waals surface area contributed by atoms with Crippen molar-refractivity contribution in [1.82, 2.24) is 0 Å². The summed E-state index contributed by atoms with van der Waals surface area (Å²) in [6.45, 7) is 3.59. The van der Waals surface area contributed by atoms with Crippen molar-refractivity contribution < 1.29 is 14.3 Å². The van der Waals surface area contributed by atoms with Gasteiger partial charge in [0.1, 0.15) is 12.0 Å². The number of ether oxygens (including phenoxy) is 2. The minimum absolute atomic E-state index is 0.154. The molecule has 0 aliphatic carbocycles. The minimum atomic E-state index is -0.154. The van der Waals surface area contributed by atoms with Crippen molar-refractivity contribution in [3.63, 3.8) is 0 Å². The van der Waals surface area contributed by atoms with E-state index in [-0.39, 0.29) is 5.92 Å². The Morgan fingerprint density at radius 3 is 2.29 bits per heavy atom. The normalized spacial score (nSPS) is 15.6. The number of aldehydes is 1. The van der Waals surface area contributed by atoms with Gasteiger partial charge in [0.25, 0.3) is 0 Å². The van der Waals surface area contributed by atoms with Gasteiger partial charge in [0, 0.05) is 5.92 Å². The fourth-order valence-corrected chi connectivity index (χ4v) is 1.71. The van der Waals surface area contributed by atoms with Crippen LogP contribution in [-0.4, -0.2) is 20.5 Å². The average molecular weight is 263 g/mol. The summed E-state index contributed by atoms with van der Waals surface area (Å²) in [5.41, 5.74) is 0. The van der Waals surface area contributed by atoms with Crippen LogP contribution in [-0.2, 0) is 14.3 Å². The van der Waals surface area contributed by atoms with Gasteiger partial charge in [-0.3, -0.25) is 0 Å². The zero-order valence-corrected chi connectivity index (χ0v) is 10.4. The maximum Gasteiger partial charge on any atom is 0.169 e. The SMILES string of the molecule is COC(C)=C(OC)C(Br)=CC(C)C=O. The van der Waals surface area contributed by atoms with Crippen LogP contribution in [0, 0.1) is 5.92 Å². The van der Waals surface area contributed by atoms with Crippen LogP contribution in [0.15, 0.2) is 22.1 Å². The molecule has 0 amide bonds. The van der Waals surface area contributed by atoms with E-state index in [1.807, 2.05) is 0 Å². The second kappa shape index (κ2) is 6.65. The maximum absolute atomic E-state index is 10.4. The van der Waals surface area contributed by atoms with E-state index >= 15 is 0 Å². The number of hydrogen-bond acceptors (Lipinski definition) is 3. The van der Waals surface area contributed by atoms with Gasteiger partial charge in [0.15, 0.2) is 5.76 Å². The Balaban J connectivity index is 4.87. The van der Waals surface area contributed by atoms with Crippen LogP contribution in [0.2, 0.25) is 0 Å². The largest absolute Gasteiger partial charge is 0.497 e. The van der Waals surface area contributed by atoms with E-state index in [1.54, 1.807) is 34.1 Å².